The molecule has 0 amide bonds. The third-order valence-electron chi connectivity index (χ3n) is 3.07. The molecule has 2 aliphatic rings. The summed E-state index contributed by atoms with van der Waals surface area (Å²) < 4.78 is 37.6. The van der Waals surface area contributed by atoms with Crippen molar-refractivity contribution in [3.05, 3.63) is 46.7 Å². The molecular formula is C13H12Cl2F3N. The molecule has 19 heavy (non-hydrogen) atoms. The van der Waals surface area contributed by atoms with Crippen LogP contribution in [0.1, 0.15) is 6.92 Å². The zero-order valence-electron chi connectivity index (χ0n) is 10.0. The van der Waals surface area contributed by atoms with Gasteiger partial charge in [-0.2, -0.15) is 13.2 Å². The van der Waals surface area contributed by atoms with Crippen molar-refractivity contribution in [2.75, 3.05) is 0 Å². The van der Waals surface area contributed by atoms with E-state index in [-0.39, 0.29) is 16.3 Å². The lowest BCUT2D eigenvalue weighted by molar-refractivity contribution is -0.0888. The Hall–Kier alpha value is -0.870. The minimum Gasteiger partial charge on any atom is -0.379 e. The Bertz CT molecular complexity index is 489. The van der Waals surface area contributed by atoms with Crippen LogP contribution in [0.15, 0.2) is 46.7 Å². The number of halogens is 5. The van der Waals surface area contributed by atoms with Crippen molar-refractivity contribution >= 4 is 23.2 Å². The zero-order chi connectivity index (χ0) is 14.2. The van der Waals surface area contributed by atoms with Crippen molar-refractivity contribution < 1.29 is 13.2 Å². The molecule has 1 heterocycles. The summed E-state index contributed by atoms with van der Waals surface area (Å²) in [6, 6.07) is -0.448. The van der Waals surface area contributed by atoms with Gasteiger partial charge < -0.3 is 5.32 Å². The molecule has 0 aromatic rings. The van der Waals surface area contributed by atoms with Gasteiger partial charge in [-0.15, -0.1) is 11.6 Å². The summed E-state index contributed by atoms with van der Waals surface area (Å²) in [6.45, 7) is 1.94. The summed E-state index contributed by atoms with van der Waals surface area (Å²) in [5, 5.41) is 2.70. The van der Waals surface area contributed by atoms with E-state index in [1.807, 2.05) is 19.1 Å². The van der Waals surface area contributed by atoms with Crippen molar-refractivity contribution in [2.45, 2.75) is 24.5 Å². The first-order chi connectivity index (χ1) is 8.79. The van der Waals surface area contributed by atoms with Gasteiger partial charge in [0, 0.05) is 11.2 Å². The quantitative estimate of drug-likeness (QED) is 0.713. The fourth-order valence-corrected chi connectivity index (χ4v) is 2.42. The molecule has 3 unspecified atom stereocenters. The van der Waals surface area contributed by atoms with Gasteiger partial charge in [0.25, 0.3) is 0 Å². The molecule has 6 heteroatoms. The van der Waals surface area contributed by atoms with Crippen LogP contribution in [0.3, 0.4) is 0 Å². The Morgan fingerprint density at radius 2 is 2.00 bits per heavy atom. The van der Waals surface area contributed by atoms with E-state index in [2.05, 4.69) is 5.32 Å². The molecule has 0 radical (unpaired) electrons. The minimum atomic E-state index is -4.40. The summed E-state index contributed by atoms with van der Waals surface area (Å²) in [4.78, 5) is 0. The van der Waals surface area contributed by atoms with E-state index in [9.17, 15) is 13.2 Å². The van der Waals surface area contributed by atoms with Gasteiger partial charge in [-0.25, -0.2) is 0 Å². The van der Waals surface area contributed by atoms with Crippen LogP contribution in [0, 0.1) is 5.92 Å². The predicted molar refractivity (Wildman–Crippen MR) is 71.0 cm³/mol. The number of rotatable bonds is 1. The van der Waals surface area contributed by atoms with Crippen LogP contribution in [0.4, 0.5) is 13.2 Å². The Morgan fingerprint density at radius 3 is 2.53 bits per heavy atom. The molecule has 1 aliphatic carbocycles. The van der Waals surface area contributed by atoms with E-state index in [1.165, 1.54) is 0 Å². The zero-order valence-corrected chi connectivity index (χ0v) is 11.5. The molecule has 0 spiro atoms. The van der Waals surface area contributed by atoms with Gasteiger partial charge in [-0.1, -0.05) is 36.8 Å². The number of allylic oxidation sites excluding steroid dienone is 4. The fraction of sp³-hybridized carbons (Fsp3) is 0.385. The molecular weight excluding hydrogens is 298 g/mol. The standard InChI is InChI=1S/C13H12Cl2F3N/c1-7-4-8(2-3-10(7)14)12-11(15)5-9(6-19-12)13(16,17)18/h2-7,10,12,19H,1H3. The van der Waals surface area contributed by atoms with Crippen LogP contribution < -0.4 is 5.32 Å². The predicted octanol–water partition coefficient (Wildman–Crippen LogP) is 4.27. The van der Waals surface area contributed by atoms with E-state index in [0.29, 0.717) is 0 Å². The average molecular weight is 310 g/mol. The second-order valence-electron chi connectivity index (χ2n) is 4.56. The molecule has 0 fully saturated rings. The minimum absolute atomic E-state index is 0.101. The summed E-state index contributed by atoms with van der Waals surface area (Å²) in [7, 11) is 0. The molecule has 3 atom stereocenters. The molecule has 0 aromatic carbocycles. The molecule has 1 aliphatic heterocycles. The molecule has 0 bridgehead atoms. The van der Waals surface area contributed by atoms with Gasteiger partial charge >= 0.3 is 6.18 Å². The fourth-order valence-electron chi connectivity index (χ4n) is 1.97. The highest BCUT2D eigenvalue weighted by Crippen LogP contribution is 2.33. The van der Waals surface area contributed by atoms with Crippen LogP contribution >= 0.6 is 23.2 Å². The summed E-state index contributed by atoms with van der Waals surface area (Å²) in [5.41, 5.74) is 0.0422. The monoisotopic (exact) mass is 309 g/mol. The van der Waals surface area contributed by atoms with Crippen molar-refractivity contribution in [3.63, 3.8) is 0 Å². The molecule has 1 nitrogen and oxygen atoms in total. The number of dihydropyridines is 1. The van der Waals surface area contributed by atoms with Crippen molar-refractivity contribution in [1.82, 2.24) is 5.32 Å². The maximum atomic E-state index is 12.5. The van der Waals surface area contributed by atoms with E-state index in [0.717, 1.165) is 17.8 Å². The Balaban J connectivity index is 2.19. The topological polar surface area (TPSA) is 12.0 Å². The smallest absolute Gasteiger partial charge is 0.379 e. The highest BCUT2D eigenvalue weighted by Gasteiger charge is 2.35. The Labute approximate surface area is 119 Å². The normalized spacial score (nSPS) is 31.3. The lowest BCUT2D eigenvalue weighted by atomic mass is 9.92. The second kappa shape index (κ2) is 5.25. The summed E-state index contributed by atoms with van der Waals surface area (Å²) in [5.74, 6) is 0.112. The molecule has 0 saturated carbocycles. The second-order valence-corrected chi connectivity index (χ2v) is 5.50. The third kappa shape index (κ3) is 3.18. The summed E-state index contributed by atoms with van der Waals surface area (Å²) >= 11 is 12.0. The number of hydrogen-bond donors (Lipinski definition) is 1. The van der Waals surface area contributed by atoms with Crippen LogP contribution in [0.2, 0.25) is 0 Å². The van der Waals surface area contributed by atoms with Crippen LogP contribution in [0.5, 0.6) is 0 Å². The molecule has 2 rings (SSSR count). The molecule has 0 saturated heterocycles. The SMILES string of the molecule is CC1C=C(C2NC=C(C(F)(F)F)C=C2Cl)C=CC1Cl. The van der Waals surface area contributed by atoms with E-state index in [4.69, 9.17) is 23.2 Å². The maximum absolute atomic E-state index is 12.5. The lowest BCUT2D eigenvalue weighted by Gasteiger charge is -2.27. The lowest BCUT2D eigenvalue weighted by Crippen LogP contribution is -2.33. The van der Waals surface area contributed by atoms with Gasteiger partial charge in [0.05, 0.1) is 17.0 Å². The molecule has 104 valence electrons. The van der Waals surface area contributed by atoms with Gasteiger partial charge in [-0.05, 0) is 17.6 Å². The van der Waals surface area contributed by atoms with E-state index >= 15 is 0 Å². The van der Waals surface area contributed by atoms with E-state index < -0.39 is 17.8 Å². The van der Waals surface area contributed by atoms with Gasteiger partial charge in [-0.3, -0.25) is 0 Å². The first-order valence-corrected chi connectivity index (χ1v) is 6.55. The average Bonchev–Trinajstić information content (AvgIpc) is 2.31. The third-order valence-corrected chi connectivity index (χ3v) is 3.94. The van der Waals surface area contributed by atoms with Crippen molar-refractivity contribution in [3.8, 4) is 0 Å². The molecule has 0 aromatic heterocycles. The molecule has 1 N–H and O–H groups in total. The Kier molecular flexibility index (Phi) is 4.02. The van der Waals surface area contributed by atoms with Gasteiger partial charge in [0.2, 0.25) is 0 Å². The number of hydrogen-bond acceptors (Lipinski definition) is 1. The first-order valence-electron chi connectivity index (χ1n) is 5.73. The number of nitrogens with one attached hydrogen (secondary N) is 1. The highest BCUT2D eigenvalue weighted by molar-refractivity contribution is 6.31. The van der Waals surface area contributed by atoms with Crippen LogP contribution in [-0.2, 0) is 0 Å². The maximum Gasteiger partial charge on any atom is 0.417 e. The van der Waals surface area contributed by atoms with Gasteiger partial charge in [0.15, 0.2) is 0 Å². The highest BCUT2D eigenvalue weighted by atomic mass is 35.5. The van der Waals surface area contributed by atoms with Crippen molar-refractivity contribution in [2.24, 2.45) is 5.92 Å². The Morgan fingerprint density at radius 1 is 1.32 bits per heavy atom. The number of alkyl halides is 4. The van der Waals surface area contributed by atoms with Gasteiger partial charge in [0.1, 0.15) is 0 Å². The van der Waals surface area contributed by atoms with E-state index in [1.54, 1.807) is 6.08 Å². The summed E-state index contributed by atoms with van der Waals surface area (Å²) in [6.07, 6.45) is 3.02. The first kappa shape index (κ1) is 14.5. The van der Waals surface area contributed by atoms with Crippen LogP contribution in [-0.4, -0.2) is 17.6 Å². The largest absolute Gasteiger partial charge is 0.417 e. The van der Waals surface area contributed by atoms with Crippen molar-refractivity contribution in [1.29, 1.82) is 0 Å². The van der Waals surface area contributed by atoms with Crippen LogP contribution in [0.25, 0.3) is 0 Å².